The highest BCUT2D eigenvalue weighted by Gasteiger charge is 2.39. The Balaban J connectivity index is 1.52. The molecule has 3 aliphatic rings. The van der Waals surface area contributed by atoms with Crippen LogP contribution >= 0.6 is 0 Å². The van der Waals surface area contributed by atoms with Crippen LogP contribution in [0.4, 0.5) is 0 Å². The zero-order valence-electron chi connectivity index (χ0n) is 9.28. The topological polar surface area (TPSA) is 32.3 Å². The van der Waals surface area contributed by atoms with Crippen molar-refractivity contribution in [2.75, 3.05) is 13.2 Å². The quantitative estimate of drug-likeness (QED) is 0.688. The van der Waals surface area contributed by atoms with Gasteiger partial charge in [0.2, 0.25) is 0 Å². The van der Waals surface area contributed by atoms with Gasteiger partial charge in [-0.3, -0.25) is 0 Å². The van der Waals surface area contributed by atoms with E-state index in [0.717, 1.165) is 24.3 Å². The molecule has 0 aromatic rings. The third-order valence-corrected chi connectivity index (χ3v) is 4.77. The average molecular weight is 207 g/mol. The third kappa shape index (κ3) is 1.64. The molecule has 2 N–H and O–H groups in total. The SMILES string of the molecule is OCC1(NCC2CC3C=CC2C3)CCC1. The van der Waals surface area contributed by atoms with Crippen LogP contribution in [0, 0.1) is 17.8 Å². The Bertz CT molecular complexity index is 264. The van der Waals surface area contributed by atoms with Crippen molar-refractivity contribution in [3.05, 3.63) is 12.2 Å². The minimum Gasteiger partial charge on any atom is -0.394 e. The standard InChI is InChI=1S/C13H21NO/c15-9-13(4-1-5-13)14-8-12-7-10-2-3-11(12)6-10/h2-3,10-12,14-15H,1,4-9H2. The van der Waals surface area contributed by atoms with E-state index in [1.54, 1.807) is 0 Å². The Labute approximate surface area is 91.8 Å². The fourth-order valence-corrected chi connectivity index (χ4v) is 3.47. The maximum absolute atomic E-state index is 9.37. The summed E-state index contributed by atoms with van der Waals surface area (Å²) in [5, 5.41) is 13.0. The molecule has 0 aliphatic heterocycles. The molecule has 0 aromatic carbocycles. The van der Waals surface area contributed by atoms with E-state index in [1.807, 2.05) is 0 Å². The third-order valence-electron chi connectivity index (χ3n) is 4.77. The normalized spacial score (nSPS) is 40.7. The van der Waals surface area contributed by atoms with Crippen LogP contribution in [0.3, 0.4) is 0 Å². The summed E-state index contributed by atoms with van der Waals surface area (Å²) in [5.41, 5.74) is 0.103. The van der Waals surface area contributed by atoms with Gasteiger partial charge in [-0.05, 0) is 56.4 Å². The van der Waals surface area contributed by atoms with Crippen molar-refractivity contribution in [3.63, 3.8) is 0 Å². The lowest BCUT2D eigenvalue weighted by molar-refractivity contribution is 0.0830. The summed E-state index contributed by atoms with van der Waals surface area (Å²) < 4.78 is 0. The molecule has 3 atom stereocenters. The predicted octanol–water partition coefficient (Wildman–Crippen LogP) is 1.70. The molecule has 0 heterocycles. The van der Waals surface area contributed by atoms with Crippen LogP contribution in [-0.4, -0.2) is 23.8 Å². The second-order valence-electron chi connectivity index (χ2n) is 5.71. The van der Waals surface area contributed by atoms with E-state index < -0.39 is 0 Å². The number of hydrogen-bond acceptors (Lipinski definition) is 2. The molecule has 0 radical (unpaired) electrons. The number of aliphatic hydroxyl groups is 1. The molecule has 15 heavy (non-hydrogen) atoms. The van der Waals surface area contributed by atoms with Gasteiger partial charge in [0.1, 0.15) is 0 Å². The molecule has 0 aromatic heterocycles. The van der Waals surface area contributed by atoms with Crippen LogP contribution in [0.25, 0.3) is 0 Å². The summed E-state index contributed by atoms with van der Waals surface area (Å²) in [7, 11) is 0. The predicted molar refractivity (Wildman–Crippen MR) is 60.5 cm³/mol. The van der Waals surface area contributed by atoms with Gasteiger partial charge in [-0.15, -0.1) is 0 Å². The molecule has 2 heteroatoms. The lowest BCUT2D eigenvalue weighted by Gasteiger charge is -2.42. The molecule has 84 valence electrons. The minimum atomic E-state index is 0.103. The van der Waals surface area contributed by atoms with Crippen molar-refractivity contribution in [1.82, 2.24) is 5.32 Å². The Morgan fingerprint density at radius 3 is 2.60 bits per heavy atom. The Morgan fingerprint density at radius 2 is 2.13 bits per heavy atom. The number of hydrogen-bond donors (Lipinski definition) is 2. The molecule has 0 spiro atoms. The number of aliphatic hydroxyl groups excluding tert-OH is 1. The fraction of sp³-hybridized carbons (Fsp3) is 0.846. The second kappa shape index (κ2) is 3.60. The molecule has 0 saturated heterocycles. The number of nitrogens with one attached hydrogen (secondary N) is 1. The van der Waals surface area contributed by atoms with E-state index in [4.69, 9.17) is 0 Å². The first-order valence-electron chi connectivity index (χ1n) is 6.36. The Kier molecular flexibility index (Phi) is 2.37. The zero-order valence-corrected chi connectivity index (χ0v) is 9.28. The monoisotopic (exact) mass is 207 g/mol. The van der Waals surface area contributed by atoms with Gasteiger partial charge >= 0.3 is 0 Å². The van der Waals surface area contributed by atoms with Gasteiger partial charge in [0, 0.05) is 5.54 Å². The van der Waals surface area contributed by atoms with Crippen molar-refractivity contribution in [2.45, 2.75) is 37.6 Å². The van der Waals surface area contributed by atoms with E-state index in [9.17, 15) is 5.11 Å². The first kappa shape index (κ1) is 9.86. The number of rotatable bonds is 4. The molecule has 0 amide bonds. The van der Waals surface area contributed by atoms with E-state index >= 15 is 0 Å². The van der Waals surface area contributed by atoms with Crippen molar-refractivity contribution in [3.8, 4) is 0 Å². The molecular weight excluding hydrogens is 186 g/mol. The second-order valence-corrected chi connectivity index (χ2v) is 5.71. The van der Waals surface area contributed by atoms with Crippen molar-refractivity contribution in [2.24, 2.45) is 17.8 Å². The minimum absolute atomic E-state index is 0.103. The van der Waals surface area contributed by atoms with Gasteiger partial charge in [0.05, 0.1) is 6.61 Å². The molecule has 2 bridgehead atoms. The highest BCUT2D eigenvalue weighted by atomic mass is 16.3. The van der Waals surface area contributed by atoms with Crippen LogP contribution in [-0.2, 0) is 0 Å². The summed E-state index contributed by atoms with van der Waals surface area (Å²) in [5.74, 6) is 2.54. The van der Waals surface area contributed by atoms with E-state index in [0.29, 0.717) is 6.61 Å². The summed E-state index contributed by atoms with van der Waals surface area (Å²) in [6.45, 7) is 1.44. The number of allylic oxidation sites excluding steroid dienone is 2. The van der Waals surface area contributed by atoms with Gasteiger partial charge in [-0.25, -0.2) is 0 Å². The van der Waals surface area contributed by atoms with E-state index in [2.05, 4.69) is 17.5 Å². The molecule has 2 saturated carbocycles. The van der Waals surface area contributed by atoms with Crippen LogP contribution in [0.15, 0.2) is 12.2 Å². The molecule has 3 unspecified atom stereocenters. The maximum Gasteiger partial charge on any atom is 0.0613 e. The lowest BCUT2D eigenvalue weighted by Crippen LogP contribution is -2.55. The first-order valence-corrected chi connectivity index (χ1v) is 6.36. The van der Waals surface area contributed by atoms with Gasteiger partial charge in [-0.1, -0.05) is 12.2 Å². The van der Waals surface area contributed by atoms with Gasteiger partial charge < -0.3 is 10.4 Å². The van der Waals surface area contributed by atoms with Gasteiger partial charge in [0.15, 0.2) is 0 Å². The van der Waals surface area contributed by atoms with Gasteiger partial charge in [-0.2, -0.15) is 0 Å². The summed E-state index contributed by atoms with van der Waals surface area (Å²) in [6.07, 6.45) is 11.2. The average Bonchev–Trinajstić information content (AvgIpc) is 2.78. The molecule has 3 aliphatic carbocycles. The van der Waals surface area contributed by atoms with E-state index in [-0.39, 0.29) is 5.54 Å². The van der Waals surface area contributed by atoms with Crippen LogP contribution in [0.2, 0.25) is 0 Å². The molecule has 3 rings (SSSR count). The Morgan fingerprint density at radius 1 is 1.27 bits per heavy atom. The van der Waals surface area contributed by atoms with Crippen molar-refractivity contribution >= 4 is 0 Å². The maximum atomic E-state index is 9.37. The first-order chi connectivity index (χ1) is 7.31. The highest BCUT2D eigenvalue weighted by molar-refractivity contribution is 5.11. The zero-order chi connectivity index (χ0) is 10.3. The molecular formula is C13H21NO. The van der Waals surface area contributed by atoms with Gasteiger partial charge in [0.25, 0.3) is 0 Å². The number of fused-ring (bicyclic) bond motifs is 2. The summed E-state index contributed by atoms with van der Waals surface area (Å²) in [4.78, 5) is 0. The van der Waals surface area contributed by atoms with Crippen LogP contribution in [0.1, 0.15) is 32.1 Å². The van der Waals surface area contributed by atoms with Crippen molar-refractivity contribution in [1.29, 1.82) is 0 Å². The fourth-order valence-electron chi connectivity index (χ4n) is 3.47. The summed E-state index contributed by atoms with van der Waals surface area (Å²) in [6, 6.07) is 0. The highest BCUT2D eigenvalue weighted by Crippen LogP contribution is 2.43. The lowest BCUT2D eigenvalue weighted by atomic mass is 9.77. The largest absolute Gasteiger partial charge is 0.394 e. The summed E-state index contributed by atoms with van der Waals surface area (Å²) >= 11 is 0. The van der Waals surface area contributed by atoms with Crippen LogP contribution < -0.4 is 5.32 Å². The van der Waals surface area contributed by atoms with Crippen LogP contribution in [0.5, 0.6) is 0 Å². The smallest absolute Gasteiger partial charge is 0.0613 e. The Hall–Kier alpha value is -0.340. The van der Waals surface area contributed by atoms with Crippen molar-refractivity contribution < 1.29 is 5.11 Å². The van der Waals surface area contributed by atoms with E-state index in [1.165, 1.54) is 32.1 Å². The molecule has 2 fully saturated rings. The molecule has 2 nitrogen and oxygen atoms in total.